The van der Waals surface area contributed by atoms with Crippen LogP contribution < -0.4 is 10.2 Å². The van der Waals surface area contributed by atoms with Gasteiger partial charge in [-0.1, -0.05) is 0 Å². The number of hydrogen-bond donors (Lipinski definition) is 1. The maximum absolute atomic E-state index is 11.6. The van der Waals surface area contributed by atoms with Gasteiger partial charge in [-0.15, -0.1) is 0 Å². The van der Waals surface area contributed by atoms with Crippen LogP contribution in [0.4, 0.5) is 16.2 Å². The molecule has 0 unspecified atom stereocenters. The summed E-state index contributed by atoms with van der Waals surface area (Å²) in [6, 6.07) is 8.33. The minimum atomic E-state index is -0.201. The van der Waals surface area contributed by atoms with Crippen LogP contribution in [-0.4, -0.2) is 50.8 Å². The van der Waals surface area contributed by atoms with Gasteiger partial charge in [0.1, 0.15) is 0 Å². The van der Waals surface area contributed by atoms with E-state index in [1.54, 1.807) is 4.90 Å². The quantitative estimate of drug-likeness (QED) is 0.906. The third kappa shape index (κ3) is 3.30. The SMILES string of the molecule is CCOC(=O)N1CCN(c2ccc(NC)cc2)CC1. The molecule has 0 aromatic heterocycles. The molecular weight excluding hydrogens is 242 g/mol. The van der Waals surface area contributed by atoms with E-state index in [4.69, 9.17) is 4.74 Å². The lowest BCUT2D eigenvalue weighted by molar-refractivity contribution is 0.105. The fraction of sp³-hybridized carbons (Fsp3) is 0.500. The third-order valence-electron chi connectivity index (χ3n) is 3.33. The number of carbonyl (C=O) groups is 1. The van der Waals surface area contributed by atoms with Gasteiger partial charge >= 0.3 is 6.09 Å². The van der Waals surface area contributed by atoms with Crippen LogP contribution in [0.15, 0.2) is 24.3 Å². The highest BCUT2D eigenvalue weighted by atomic mass is 16.6. The predicted octanol–water partition coefficient (Wildman–Crippen LogP) is 2.01. The number of benzene rings is 1. The molecule has 0 spiro atoms. The highest BCUT2D eigenvalue weighted by molar-refractivity contribution is 5.68. The largest absolute Gasteiger partial charge is 0.450 e. The van der Waals surface area contributed by atoms with E-state index < -0.39 is 0 Å². The molecule has 1 heterocycles. The van der Waals surface area contributed by atoms with Crippen molar-refractivity contribution in [3.05, 3.63) is 24.3 Å². The first-order chi connectivity index (χ1) is 9.24. The maximum atomic E-state index is 11.6. The minimum Gasteiger partial charge on any atom is -0.450 e. The fourth-order valence-electron chi connectivity index (χ4n) is 2.20. The van der Waals surface area contributed by atoms with Gasteiger partial charge in [0, 0.05) is 44.6 Å². The zero-order valence-corrected chi connectivity index (χ0v) is 11.6. The molecule has 0 bridgehead atoms. The van der Waals surface area contributed by atoms with Gasteiger partial charge < -0.3 is 19.9 Å². The molecule has 2 rings (SSSR count). The Balaban J connectivity index is 1.90. The lowest BCUT2D eigenvalue weighted by Gasteiger charge is -2.35. The highest BCUT2D eigenvalue weighted by Crippen LogP contribution is 2.19. The first kappa shape index (κ1) is 13.5. The molecule has 1 N–H and O–H groups in total. The maximum Gasteiger partial charge on any atom is 0.409 e. The van der Waals surface area contributed by atoms with Crippen molar-refractivity contribution < 1.29 is 9.53 Å². The third-order valence-corrected chi connectivity index (χ3v) is 3.33. The normalized spacial score (nSPS) is 15.3. The van der Waals surface area contributed by atoms with Crippen LogP contribution in [-0.2, 0) is 4.74 Å². The van der Waals surface area contributed by atoms with E-state index in [1.807, 2.05) is 14.0 Å². The van der Waals surface area contributed by atoms with Gasteiger partial charge in [0.25, 0.3) is 0 Å². The summed E-state index contributed by atoms with van der Waals surface area (Å²) in [5.41, 5.74) is 2.30. The van der Waals surface area contributed by atoms with Gasteiger partial charge in [0.15, 0.2) is 0 Å². The molecule has 19 heavy (non-hydrogen) atoms. The molecule has 1 aromatic carbocycles. The molecule has 1 aliphatic heterocycles. The first-order valence-electron chi connectivity index (χ1n) is 6.69. The number of carbonyl (C=O) groups excluding carboxylic acids is 1. The molecule has 0 radical (unpaired) electrons. The van der Waals surface area contributed by atoms with Gasteiger partial charge in [-0.05, 0) is 31.2 Å². The van der Waals surface area contributed by atoms with Gasteiger partial charge in [-0.2, -0.15) is 0 Å². The summed E-state index contributed by atoms with van der Waals surface area (Å²) in [6.07, 6.45) is -0.201. The Labute approximate surface area is 114 Å². The number of rotatable bonds is 3. The van der Waals surface area contributed by atoms with E-state index in [-0.39, 0.29) is 6.09 Å². The molecular formula is C14H21N3O2. The van der Waals surface area contributed by atoms with Crippen LogP contribution in [0.2, 0.25) is 0 Å². The average molecular weight is 263 g/mol. The van der Waals surface area contributed by atoms with Crippen molar-refractivity contribution in [1.29, 1.82) is 0 Å². The summed E-state index contributed by atoms with van der Waals surface area (Å²) in [5.74, 6) is 0. The number of ether oxygens (including phenoxy) is 1. The van der Waals surface area contributed by atoms with Crippen molar-refractivity contribution in [3.8, 4) is 0 Å². The highest BCUT2D eigenvalue weighted by Gasteiger charge is 2.21. The second kappa shape index (κ2) is 6.31. The van der Waals surface area contributed by atoms with Crippen LogP contribution in [0.5, 0.6) is 0 Å². The Morgan fingerprint density at radius 2 is 1.84 bits per heavy atom. The van der Waals surface area contributed by atoms with Crippen molar-refractivity contribution in [2.45, 2.75) is 6.92 Å². The first-order valence-corrected chi connectivity index (χ1v) is 6.69. The Hall–Kier alpha value is -1.91. The molecule has 1 fully saturated rings. The number of anilines is 2. The summed E-state index contributed by atoms with van der Waals surface area (Å²) in [7, 11) is 1.91. The van der Waals surface area contributed by atoms with Gasteiger partial charge in [-0.3, -0.25) is 0 Å². The van der Waals surface area contributed by atoms with Gasteiger partial charge in [0.05, 0.1) is 6.61 Å². The zero-order valence-electron chi connectivity index (χ0n) is 11.6. The predicted molar refractivity (Wildman–Crippen MR) is 76.8 cm³/mol. The number of nitrogens with one attached hydrogen (secondary N) is 1. The topological polar surface area (TPSA) is 44.8 Å². The van der Waals surface area contributed by atoms with Gasteiger partial charge in [0.2, 0.25) is 0 Å². The van der Waals surface area contributed by atoms with Crippen molar-refractivity contribution in [1.82, 2.24) is 4.90 Å². The lowest BCUT2D eigenvalue weighted by Crippen LogP contribution is -2.49. The number of amides is 1. The van der Waals surface area contributed by atoms with E-state index in [0.29, 0.717) is 19.7 Å². The Morgan fingerprint density at radius 1 is 1.21 bits per heavy atom. The smallest absolute Gasteiger partial charge is 0.409 e. The zero-order chi connectivity index (χ0) is 13.7. The lowest BCUT2D eigenvalue weighted by atomic mass is 10.2. The Kier molecular flexibility index (Phi) is 4.49. The van der Waals surface area contributed by atoms with Crippen LogP contribution in [0.3, 0.4) is 0 Å². The minimum absolute atomic E-state index is 0.201. The molecule has 1 aliphatic rings. The number of nitrogens with zero attached hydrogens (tertiary/aromatic N) is 2. The summed E-state index contributed by atoms with van der Waals surface area (Å²) in [4.78, 5) is 15.7. The van der Waals surface area contributed by atoms with E-state index in [9.17, 15) is 4.79 Å². The fourth-order valence-corrected chi connectivity index (χ4v) is 2.20. The van der Waals surface area contributed by atoms with Gasteiger partial charge in [-0.25, -0.2) is 4.79 Å². The van der Waals surface area contributed by atoms with E-state index in [2.05, 4.69) is 34.5 Å². The second-order valence-corrected chi connectivity index (χ2v) is 4.47. The van der Waals surface area contributed by atoms with E-state index in [0.717, 1.165) is 18.8 Å². The van der Waals surface area contributed by atoms with Crippen molar-refractivity contribution in [3.63, 3.8) is 0 Å². The molecule has 0 saturated carbocycles. The summed E-state index contributed by atoms with van der Waals surface area (Å²) in [6.45, 7) is 5.39. The van der Waals surface area contributed by atoms with Crippen LogP contribution >= 0.6 is 0 Å². The standard InChI is InChI=1S/C14H21N3O2/c1-3-19-14(18)17-10-8-16(9-11-17)13-6-4-12(15-2)5-7-13/h4-7,15H,3,8-11H2,1-2H3. The van der Waals surface area contributed by atoms with Crippen molar-refractivity contribution >= 4 is 17.5 Å². The average Bonchev–Trinajstić information content (AvgIpc) is 2.48. The summed E-state index contributed by atoms with van der Waals surface area (Å²) >= 11 is 0. The van der Waals surface area contributed by atoms with Crippen LogP contribution in [0.1, 0.15) is 6.92 Å². The molecule has 0 atom stereocenters. The van der Waals surface area contributed by atoms with E-state index in [1.165, 1.54) is 5.69 Å². The van der Waals surface area contributed by atoms with Crippen molar-refractivity contribution in [2.24, 2.45) is 0 Å². The number of piperazine rings is 1. The molecule has 104 valence electrons. The summed E-state index contributed by atoms with van der Waals surface area (Å²) in [5, 5.41) is 3.11. The Morgan fingerprint density at radius 3 is 2.37 bits per heavy atom. The van der Waals surface area contributed by atoms with Crippen LogP contribution in [0.25, 0.3) is 0 Å². The van der Waals surface area contributed by atoms with Crippen LogP contribution in [0, 0.1) is 0 Å². The Bertz CT molecular complexity index is 411. The second-order valence-electron chi connectivity index (χ2n) is 4.47. The summed E-state index contributed by atoms with van der Waals surface area (Å²) < 4.78 is 5.01. The van der Waals surface area contributed by atoms with Crippen molar-refractivity contribution in [2.75, 3.05) is 50.1 Å². The molecule has 5 heteroatoms. The monoisotopic (exact) mass is 263 g/mol. The molecule has 5 nitrogen and oxygen atoms in total. The molecule has 1 saturated heterocycles. The molecule has 1 aromatic rings. The van der Waals surface area contributed by atoms with E-state index >= 15 is 0 Å². The molecule has 1 amide bonds. The number of hydrogen-bond acceptors (Lipinski definition) is 4. The molecule has 0 aliphatic carbocycles.